The van der Waals surface area contributed by atoms with Gasteiger partial charge in [0, 0.05) is 29.0 Å². The third-order valence-electron chi connectivity index (χ3n) is 5.69. The Balaban J connectivity index is 1.88. The number of ether oxygens (including phenoxy) is 2. The minimum absolute atomic E-state index is 0.0183. The van der Waals surface area contributed by atoms with Crippen LogP contribution in [-0.4, -0.2) is 36.8 Å². The molecule has 2 aromatic rings. The number of nitrogens with one attached hydrogen (secondary N) is 1. The lowest BCUT2D eigenvalue weighted by Crippen LogP contribution is -2.36. The fourth-order valence-corrected chi connectivity index (χ4v) is 3.67. The summed E-state index contributed by atoms with van der Waals surface area (Å²) in [5.41, 5.74) is 2.86. The molecule has 0 aliphatic carbocycles. The zero-order chi connectivity index (χ0) is 24.2. The Morgan fingerprint density at radius 1 is 1.12 bits per heavy atom. The number of rotatable bonds is 7. The first-order valence-corrected chi connectivity index (χ1v) is 11.2. The van der Waals surface area contributed by atoms with Gasteiger partial charge >= 0.3 is 0 Å². The first kappa shape index (κ1) is 24.3. The van der Waals surface area contributed by atoms with Gasteiger partial charge in [-0.3, -0.25) is 9.59 Å². The molecule has 2 aromatic carbocycles. The lowest BCUT2D eigenvalue weighted by Gasteiger charge is -2.29. The second-order valence-corrected chi connectivity index (χ2v) is 9.22. The monoisotopic (exact) mass is 451 g/mol. The Labute approximate surface area is 195 Å². The second kappa shape index (κ2) is 10.1. The van der Waals surface area contributed by atoms with Gasteiger partial charge in [0.05, 0.1) is 26.5 Å². The number of hydrogen-bond acceptors (Lipinski definition) is 5. The highest BCUT2D eigenvalue weighted by Crippen LogP contribution is 2.32. The maximum absolute atomic E-state index is 12.9. The van der Waals surface area contributed by atoms with Gasteiger partial charge in [0.2, 0.25) is 11.8 Å². The summed E-state index contributed by atoms with van der Waals surface area (Å²) in [4.78, 5) is 25.2. The second-order valence-electron chi connectivity index (χ2n) is 9.22. The fourth-order valence-electron chi connectivity index (χ4n) is 3.67. The van der Waals surface area contributed by atoms with E-state index in [1.54, 1.807) is 14.2 Å². The molecule has 176 valence electrons. The number of benzene rings is 2. The minimum atomic E-state index is -0.493. The van der Waals surface area contributed by atoms with Gasteiger partial charge in [-0.15, -0.1) is 0 Å². The summed E-state index contributed by atoms with van der Waals surface area (Å²) in [6.07, 6.45) is 1.20. The summed E-state index contributed by atoms with van der Waals surface area (Å²) < 4.78 is 10.8. The van der Waals surface area contributed by atoms with Crippen molar-refractivity contribution >= 4 is 23.2 Å². The van der Waals surface area contributed by atoms with Crippen molar-refractivity contribution in [2.75, 3.05) is 19.5 Å². The summed E-state index contributed by atoms with van der Waals surface area (Å²) in [7, 11) is 3.20. The van der Waals surface area contributed by atoms with Crippen molar-refractivity contribution < 1.29 is 19.1 Å². The van der Waals surface area contributed by atoms with Crippen molar-refractivity contribution in [3.8, 4) is 11.5 Å². The zero-order valence-corrected chi connectivity index (χ0v) is 20.3. The molecule has 0 spiro atoms. The molecule has 7 heteroatoms. The molecule has 2 amide bonds. The van der Waals surface area contributed by atoms with Crippen molar-refractivity contribution in [2.45, 2.75) is 47.1 Å². The number of amides is 2. The van der Waals surface area contributed by atoms with Gasteiger partial charge < -0.3 is 14.8 Å². The summed E-state index contributed by atoms with van der Waals surface area (Å²) in [6.45, 7) is 7.99. The molecule has 33 heavy (non-hydrogen) atoms. The van der Waals surface area contributed by atoms with Crippen LogP contribution in [0.25, 0.3) is 0 Å². The van der Waals surface area contributed by atoms with Crippen LogP contribution in [0.15, 0.2) is 47.6 Å². The molecule has 1 aliphatic rings. The molecule has 1 atom stereocenters. The Kier molecular flexibility index (Phi) is 7.41. The molecule has 0 saturated heterocycles. The van der Waals surface area contributed by atoms with Crippen molar-refractivity contribution in [2.24, 2.45) is 16.4 Å². The summed E-state index contributed by atoms with van der Waals surface area (Å²) in [5.74, 6) is 1.22. The van der Waals surface area contributed by atoms with Crippen LogP contribution < -0.4 is 14.8 Å². The number of carbonyl (C=O) groups excluding carboxylic acids is 2. The Morgan fingerprint density at radius 2 is 1.85 bits per heavy atom. The molecule has 0 fully saturated rings. The highest BCUT2D eigenvalue weighted by Gasteiger charge is 2.30. The predicted molar refractivity (Wildman–Crippen MR) is 130 cm³/mol. The average molecular weight is 452 g/mol. The van der Waals surface area contributed by atoms with Gasteiger partial charge in [-0.1, -0.05) is 39.8 Å². The fraction of sp³-hybridized carbons (Fsp3) is 0.423. The maximum Gasteiger partial charge on any atom is 0.243 e. The quantitative estimate of drug-likeness (QED) is 0.652. The molecule has 0 aromatic heterocycles. The van der Waals surface area contributed by atoms with Crippen molar-refractivity contribution in [1.82, 2.24) is 5.01 Å². The van der Waals surface area contributed by atoms with E-state index >= 15 is 0 Å². The lowest BCUT2D eigenvalue weighted by atomic mass is 9.89. The SMILES string of the molecule is CCC1CC(=O)N(Cc2cccc(NC(=O)C(C)(C)C)c2)N=C1c1ccc(OC)c(OC)c1. The lowest BCUT2D eigenvalue weighted by molar-refractivity contribution is -0.133. The molecule has 7 nitrogen and oxygen atoms in total. The Morgan fingerprint density at radius 3 is 2.48 bits per heavy atom. The molecule has 1 N–H and O–H groups in total. The average Bonchev–Trinajstić information content (AvgIpc) is 2.79. The number of hydrogen-bond donors (Lipinski definition) is 1. The smallest absolute Gasteiger partial charge is 0.243 e. The van der Waals surface area contributed by atoms with Gasteiger partial charge in [0.1, 0.15) is 0 Å². The van der Waals surface area contributed by atoms with E-state index in [4.69, 9.17) is 14.6 Å². The first-order chi connectivity index (χ1) is 15.7. The van der Waals surface area contributed by atoms with E-state index in [0.717, 1.165) is 23.3 Å². The third kappa shape index (κ3) is 5.72. The predicted octanol–water partition coefficient (Wildman–Crippen LogP) is 4.85. The van der Waals surface area contributed by atoms with Gasteiger partial charge in [0.25, 0.3) is 0 Å². The largest absolute Gasteiger partial charge is 0.493 e. The summed E-state index contributed by atoms with van der Waals surface area (Å²) >= 11 is 0. The summed E-state index contributed by atoms with van der Waals surface area (Å²) in [6, 6.07) is 13.2. The molecule has 0 radical (unpaired) electrons. The third-order valence-corrected chi connectivity index (χ3v) is 5.69. The number of methoxy groups -OCH3 is 2. The van der Waals surface area contributed by atoms with Crippen molar-refractivity contribution in [1.29, 1.82) is 0 Å². The van der Waals surface area contributed by atoms with Crippen LogP contribution in [-0.2, 0) is 16.1 Å². The summed E-state index contributed by atoms with van der Waals surface area (Å²) in [5, 5.41) is 9.22. The van der Waals surface area contributed by atoms with E-state index in [1.807, 2.05) is 63.2 Å². The molecular formula is C26H33N3O4. The van der Waals surface area contributed by atoms with Gasteiger partial charge in [-0.2, -0.15) is 5.10 Å². The van der Waals surface area contributed by atoms with Crippen molar-refractivity contribution in [3.63, 3.8) is 0 Å². The highest BCUT2D eigenvalue weighted by atomic mass is 16.5. The van der Waals surface area contributed by atoms with Crippen LogP contribution in [0.3, 0.4) is 0 Å². The van der Waals surface area contributed by atoms with Crippen LogP contribution in [0.2, 0.25) is 0 Å². The van der Waals surface area contributed by atoms with E-state index in [2.05, 4.69) is 12.2 Å². The van der Waals surface area contributed by atoms with Crippen LogP contribution in [0.1, 0.15) is 51.7 Å². The first-order valence-electron chi connectivity index (χ1n) is 11.2. The number of anilines is 1. The Bertz CT molecular complexity index is 1060. The minimum Gasteiger partial charge on any atom is -0.493 e. The molecule has 1 unspecified atom stereocenters. The molecule has 3 rings (SSSR count). The van der Waals surface area contributed by atoms with Crippen LogP contribution in [0.4, 0.5) is 5.69 Å². The number of carbonyl (C=O) groups is 2. The van der Waals surface area contributed by atoms with Crippen LogP contribution in [0.5, 0.6) is 11.5 Å². The van der Waals surface area contributed by atoms with Crippen LogP contribution in [0, 0.1) is 11.3 Å². The number of hydrazone groups is 1. The van der Waals surface area contributed by atoms with E-state index in [-0.39, 0.29) is 17.7 Å². The van der Waals surface area contributed by atoms with E-state index in [9.17, 15) is 9.59 Å². The van der Waals surface area contributed by atoms with E-state index in [0.29, 0.717) is 30.2 Å². The molecule has 1 aliphatic heterocycles. The van der Waals surface area contributed by atoms with Gasteiger partial charge in [-0.05, 0) is 42.3 Å². The molecule has 0 bridgehead atoms. The maximum atomic E-state index is 12.9. The number of nitrogens with zero attached hydrogens (tertiary/aromatic N) is 2. The van der Waals surface area contributed by atoms with Gasteiger partial charge in [0.15, 0.2) is 11.5 Å². The molecular weight excluding hydrogens is 418 g/mol. The van der Waals surface area contributed by atoms with Crippen molar-refractivity contribution in [3.05, 3.63) is 53.6 Å². The topological polar surface area (TPSA) is 80.2 Å². The van der Waals surface area contributed by atoms with Crippen LogP contribution >= 0.6 is 0 Å². The van der Waals surface area contributed by atoms with E-state index < -0.39 is 5.41 Å². The molecule has 1 heterocycles. The highest BCUT2D eigenvalue weighted by molar-refractivity contribution is 6.06. The van der Waals surface area contributed by atoms with E-state index in [1.165, 1.54) is 5.01 Å². The molecule has 0 saturated carbocycles. The Hall–Kier alpha value is -3.35. The normalized spacial score (nSPS) is 16.3. The standard InChI is InChI=1S/C26H33N3O4/c1-7-18-15-23(30)29(28-24(18)19-11-12-21(32-5)22(14-19)33-6)16-17-9-8-10-20(13-17)27-25(31)26(2,3)4/h8-14,18H,7,15-16H2,1-6H3,(H,27,31). The zero-order valence-electron chi connectivity index (χ0n) is 20.3. The van der Waals surface area contributed by atoms with Gasteiger partial charge in [-0.25, -0.2) is 5.01 Å².